The van der Waals surface area contributed by atoms with Crippen LogP contribution < -0.4 is 10.9 Å². The summed E-state index contributed by atoms with van der Waals surface area (Å²) in [6.07, 6.45) is 2.92. The molecule has 0 spiro atoms. The number of nitrogens with one attached hydrogen (secondary N) is 2. The fourth-order valence-electron chi connectivity index (χ4n) is 6.73. The highest BCUT2D eigenvalue weighted by atomic mass is 35.5. The van der Waals surface area contributed by atoms with Crippen molar-refractivity contribution in [3.63, 3.8) is 0 Å². The number of anilines is 1. The van der Waals surface area contributed by atoms with Crippen LogP contribution >= 0.6 is 23.4 Å². The zero-order valence-corrected chi connectivity index (χ0v) is 28.0. The number of halogens is 4. The van der Waals surface area contributed by atoms with Gasteiger partial charge in [0.15, 0.2) is 0 Å². The summed E-state index contributed by atoms with van der Waals surface area (Å²) in [6.45, 7) is 5.50. The van der Waals surface area contributed by atoms with E-state index in [1.807, 2.05) is 0 Å². The standard InChI is InChI=1S/C36H38ClF3N4O3S/c37-24-7-13-31(45)29(22-24)33-28-21-23(36(38,39)40)6-12-30(28)42-35(47)34(33)48-27-10-8-25(9-11-27)41-32(46)5-4-16-43-19-14-26(15-20-43)44-17-2-1-3-18-44/h6-13,21-22,26,45H,1-5,14-20H2,(H,41,46)(H,42,47). The summed E-state index contributed by atoms with van der Waals surface area (Å²) in [5.41, 5.74) is -0.366. The van der Waals surface area contributed by atoms with E-state index in [2.05, 4.69) is 20.1 Å². The van der Waals surface area contributed by atoms with Crippen LogP contribution in [0.2, 0.25) is 5.02 Å². The summed E-state index contributed by atoms with van der Waals surface area (Å²) in [7, 11) is 0. The lowest BCUT2D eigenvalue weighted by atomic mass is 9.98. The molecule has 4 aromatic rings. The maximum absolute atomic E-state index is 13.7. The molecule has 0 unspecified atom stereocenters. The van der Waals surface area contributed by atoms with Crippen molar-refractivity contribution in [2.45, 2.75) is 67.0 Å². The molecule has 48 heavy (non-hydrogen) atoms. The Morgan fingerprint density at radius 3 is 2.42 bits per heavy atom. The van der Waals surface area contributed by atoms with Gasteiger partial charge in [-0.25, -0.2) is 0 Å². The summed E-state index contributed by atoms with van der Waals surface area (Å²) in [6, 6.07) is 14.9. The van der Waals surface area contributed by atoms with E-state index in [0.29, 0.717) is 23.0 Å². The van der Waals surface area contributed by atoms with Gasteiger partial charge in [-0.2, -0.15) is 13.2 Å². The summed E-state index contributed by atoms with van der Waals surface area (Å²) in [4.78, 5) is 34.6. The lowest BCUT2D eigenvalue weighted by molar-refractivity contribution is -0.137. The van der Waals surface area contributed by atoms with Gasteiger partial charge in [0.05, 0.1) is 10.5 Å². The molecule has 0 radical (unpaired) electrons. The van der Waals surface area contributed by atoms with Crippen LogP contribution in [0, 0.1) is 0 Å². The smallest absolute Gasteiger partial charge is 0.416 e. The van der Waals surface area contributed by atoms with Crippen molar-refractivity contribution in [1.82, 2.24) is 14.8 Å². The number of amides is 1. The first-order valence-corrected chi connectivity index (χ1v) is 17.5. The number of rotatable bonds is 9. The first-order chi connectivity index (χ1) is 23.0. The number of phenols is 1. The Labute approximate surface area is 286 Å². The minimum Gasteiger partial charge on any atom is -0.507 e. The predicted molar refractivity (Wildman–Crippen MR) is 185 cm³/mol. The number of likely N-dealkylation sites (tertiary alicyclic amines) is 2. The summed E-state index contributed by atoms with van der Waals surface area (Å²) >= 11 is 7.26. The second-order valence-electron chi connectivity index (χ2n) is 12.5. The van der Waals surface area contributed by atoms with Crippen LogP contribution in [-0.2, 0) is 11.0 Å². The Morgan fingerprint density at radius 2 is 1.71 bits per heavy atom. The molecule has 1 aromatic heterocycles. The summed E-state index contributed by atoms with van der Waals surface area (Å²) < 4.78 is 41.1. The Kier molecular flexibility index (Phi) is 10.7. The summed E-state index contributed by atoms with van der Waals surface area (Å²) in [5.74, 6) is -0.311. The van der Waals surface area contributed by atoms with Crippen LogP contribution in [0.3, 0.4) is 0 Å². The molecule has 0 saturated carbocycles. The van der Waals surface area contributed by atoms with Crippen molar-refractivity contribution in [2.24, 2.45) is 0 Å². The molecule has 3 heterocycles. The van der Waals surface area contributed by atoms with Gasteiger partial charge in [0.25, 0.3) is 5.56 Å². The van der Waals surface area contributed by atoms with Gasteiger partial charge in [-0.05, 0) is 125 Å². The first-order valence-electron chi connectivity index (χ1n) is 16.4. The molecule has 0 atom stereocenters. The first kappa shape index (κ1) is 34.4. The number of benzene rings is 3. The van der Waals surface area contributed by atoms with E-state index < -0.39 is 17.3 Å². The van der Waals surface area contributed by atoms with E-state index in [4.69, 9.17) is 11.6 Å². The highest BCUT2D eigenvalue weighted by molar-refractivity contribution is 7.99. The van der Waals surface area contributed by atoms with Gasteiger partial charge >= 0.3 is 6.18 Å². The minimum atomic E-state index is -4.62. The number of pyridine rings is 1. The van der Waals surface area contributed by atoms with E-state index in [1.165, 1.54) is 69.5 Å². The van der Waals surface area contributed by atoms with Crippen molar-refractivity contribution in [3.8, 4) is 16.9 Å². The average Bonchev–Trinajstić information content (AvgIpc) is 3.07. The third kappa shape index (κ3) is 8.19. The van der Waals surface area contributed by atoms with Gasteiger partial charge in [0, 0.05) is 50.1 Å². The molecule has 12 heteroatoms. The van der Waals surface area contributed by atoms with Gasteiger partial charge < -0.3 is 25.2 Å². The number of aromatic nitrogens is 1. The predicted octanol–water partition coefficient (Wildman–Crippen LogP) is 8.39. The van der Waals surface area contributed by atoms with Crippen molar-refractivity contribution in [2.75, 3.05) is 38.0 Å². The van der Waals surface area contributed by atoms with Gasteiger partial charge in [-0.3, -0.25) is 9.59 Å². The normalized spacial score (nSPS) is 16.8. The van der Waals surface area contributed by atoms with Crippen molar-refractivity contribution >= 4 is 45.9 Å². The van der Waals surface area contributed by atoms with Crippen LogP contribution in [0.15, 0.2) is 75.2 Å². The monoisotopic (exact) mass is 698 g/mol. The minimum absolute atomic E-state index is 0.0798. The topological polar surface area (TPSA) is 88.7 Å². The lowest BCUT2D eigenvalue weighted by Crippen LogP contribution is -2.46. The Morgan fingerprint density at radius 1 is 0.979 bits per heavy atom. The van der Waals surface area contributed by atoms with Gasteiger partial charge in [0.2, 0.25) is 5.91 Å². The third-order valence-electron chi connectivity index (χ3n) is 9.23. The van der Waals surface area contributed by atoms with Crippen LogP contribution in [0.5, 0.6) is 5.75 Å². The maximum Gasteiger partial charge on any atom is 0.416 e. The van der Waals surface area contributed by atoms with Crippen LogP contribution in [0.1, 0.15) is 50.5 Å². The molecule has 2 saturated heterocycles. The molecule has 254 valence electrons. The number of aromatic hydroxyl groups is 1. The van der Waals surface area contributed by atoms with Gasteiger partial charge in [-0.1, -0.05) is 29.8 Å². The third-order valence-corrected chi connectivity index (χ3v) is 10.6. The number of phenolic OH excluding ortho intramolecular Hbond substituents is 1. The fraction of sp³-hybridized carbons (Fsp3) is 0.389. The van der Waals surface area contributed by atoms with Crippen LogP contribution in [0.25, 0.3) is 22.0 Å². The Bertz CT molecular complexity index is 1820. The van der Waals surface area contributed by atoms with Crippen molar-refractivity contribution < 1.29 is 23.1 Å². The number of piperidine rings is 2. The number of fused-ring (bicyclic) bond motifs is 1. The number of aromatic amines is 1. The molecular weight excluding hydrogens is 661 g/mol. The highest BCUT2D eigenvalue weighted by Gasteiger charge is 2.31. The number of alkyl halides is 3. The zero-order chi connectivity index (χ0) is 33.8. The molecule has 2 aliphatic heterocycles. The van der Waals surface area contributed by atoms with E-state index in [1.54, 1.807) is 24.3 Å². The highest BCUT2D eigenvalue weighted by Crippen LogP contribution is 2.43. The second-order valence-corrected chi connectivity index (χ2v) is 14.0. The zero-order valence-electron chi connectivity index (χ0n) is 26.4. The van der Waals surface area contributed by atoms with E-state index in [-0.39, 0.29) is 43.6 Å². The van der Waals surface area contributed by atoms with Gasteiger partial charge in [0.1, 0.15) is 5.75 Å². The van der Waals surface area contributed by atoms with Gasteiger partial charge in [-0.15, -0.1) is 0 Å². The lowest BCUT2D eigenvalue weighted by Gasteiger charge is -2.40. The quantitative estimate of drug-likeness (QED) is 0.163. The molecule has 2 aliphatic rings. The molecule has 2 fully saturated rings. The molecule has 0 aliphatic carbocycles. The largest absolute Gasteiger partial charge is 0.507 e. The van der Waals surface area contributed by atoms with Crippen molar-refractivity contribution in [3.05, 3.63) is 81.6 Å². The van der Waals surface area contributed by atoms with Crippen LogP contribution in [-0.4, -0.2) is 64.6 Å². The van der Waals surface area contributed by atoms with Crippen molar-refractivity contribution in [1.29, 1.82) is 0 Å². The Hall–Kier alpha value is -3.51. The number of hydrogen-bond donors (Lipinski definition) is 3. The number of H-pyrrole nitrogens is 1. The van der Waals surface area contributed by atoms with E-state index >= 15 is 0 Å². The maximum atomic E-state index is 13.7. The number of hydrogen-bond acceptors (Lipinski definition) is 6. The number of carbonyl (C=O) groups is 1. The fourth-order valence-corrected chi connectivity index (χ4v) is 7.87. The molecule has 0 bridgehead atoms. The summed E-state index contributed by atoms with van der Waals surface area (Å²) in [5, 5.41) is 14.0. The number of nitrogens with zero attached hydrogens (tertiary/aromatic N) is 2. The number of carbonyl (C=O) groups excluding carboxylic acids is 1. The Balaban J connectivity index is 1.12. The average molecular weight is 699 g/mol. The SMILES string of the molecule is O=C(CCCN1CCC(N2CCCCC2)CC1)Nc1ccc(Sc2c(-c3cc(Cl)ccc3O)c3cc(C(F)(F)F)ccc3[nH]c2=O)cc1. The second kappa shape index (κ2) is 14.9. The molecule has 6 rings (SSSR count). The molecule has 3 aromatic carbocycles. The van der Waals surface area contributed by atoms with E-state index in [0.717, 1.165) is 49.9 Å². The molecule has 1 amide bonds. The van der Waals surface area contributed by atoms with Crippen LogP contribution in [0.4, 0.5) is 18.9 Å². The van der Waals surface area contributed by atoms with E-state index in [9.17, 15) is 27.9 Å². The molecule has 7 nitrogen and oxygen atoms in total. The molecular formula is C36H38ClF3N4O3S. The molecule has 3 N–H and O–H groups in total.